The minimum absolute atomic E-state index is 0.0735. The summed E-state index contributed by atoms with van der Waals surface area (Å²) in [7, 11) is 2.37. The Labute approximate surface area is 147 Å². The lowest BCUT2D eigenvalue weighted by Crippen LogP contribution is -2.07. The van der Waals surface area contributed by atoms with Crippen molar-refractivity contribution < 1.29 is 44.2 Å². The fraction of sp³-hybridized carbons (Fsp3) is 0.176. The number of carbonyl (C=O) groups is 2. The summed E-state index contributed by atoms with van der Waals surface area (Å²) in [4.78, 5) is 23.4. The summed E-state index contributed by atoms with van der Waals surface area (Å²) in [5.41, 5.74) is -0.623. The van der Waals surface area contributed by atoms with Crippen LogP contribution in [0.1, 0.15) is 26.3 Å². The van der Waals surface area contributed by atoms with Gasteiger partial charge >= 0.3 is 11.9 Å². The van der Waals surface area contributed by atoms with Gasteiger partial charge in [-0.2, -0.15) is 0 Å². The summed E-state index contributed by atoms with van der Waals surface area (Å²) < 4.78 is 15.2. The molecule has 9 heteroatoms. The zero-order valence-corrected chi connectivity index (χ0v) is 13.8. The van der Waals surface area contributed by atoms with Gasteiger partial charge in [-0.25, -0.2) is 9.59 Å². The number of hydrogen-bond acceptors (Lipinski definition) is 8. The second kappa shape index (κ2) is 7.62. The molecule has 0 aromatic heterocycles. The Morgan fingerprint density at radius 3 is 2.27 bits per heavy atom. The van der Waals surface area contributed by atoms with Gasteiger partial charge < -0.3 is 34.6 Å². The van der Waals surface area contributed by atoms with E-state index >= 15 is 0 Å². The maximum atomic E-state index is 12.0. The monoisotopic (exact) mass is 364 g/mol. The number of carbonyl (C=O) groups excluding carboxylic acids is 1. The van der Waals surface area contributed by atoms with E-state index < -0.39 is 29.9 Å². The van der Waals surface area contributed by atoms with Gasteiger partial charge in [0.15, 0.2) is 11.5 Å². The van der Waals surface area contributed by atoms with Gasteiger partial charge in [-0.15, -0.1) is 0 Å². The molecule has 2 aromatic rings. The van der Waals surface area contributed by atoms with Crippen molar-refractivity contribution >= 4 is 11.9 Å². The van der Waals surface area contributed by atoms with Gasteiger partial charge in [0.25, 0.3) is 0 Å². The lowest BCUT2D eigenvalue weighted by molar-refractivity contribution is 0.0596. The molecule has 0 fully saturated rings. The van der Waals surface area contributed by atoms with Gasteiger partial charge in [0.2, 0.25) is 0 Å². The number of aliphatic hydroxyl groups excluding tert-OH is 1. The van der Waals surface area contributed by atoms with E-state index in [1.54, 1.807) is 0 Å². The van der Waals surface area contributed by atoms with Crippen LogP contribution in [0, 0.1) is 0 Å². The highest BCUT2D eigenvalue weighted by Crippen LogP contribution is 2.41. The van der Waals surface area contributed by atoms with Crippen LogP contribution in [0.15, 0.2) is 24.3 Å². The predicted molar refractivity (Wildman–Crippen MR) is 87.1 cm³/mol. The summed E-state index contributed by atoms with van der Waals surface area (Å²) in [5, 5.41) is 38.2. The fourth-order valence-electron chi connectivity index (χ4n) is 2.26. The summed E-state index contributed by atoms with van der Waals surface area (Å²) in [6, 6.07) is 4.47. The molecular weight excluding hydrogens is 348 g/mol. The highest BCUT2D eigenvalue weighted by Gasteiger charge is 2.25. The summed E-state index contributed by atoms with van der Waals surface area (Å²) in [5.74, 6) is -3.93. The molecule has 0 aliphatic carbocycles. The molecule has 0 amide bonds. The highest BCUT2D eigenvalue weighted by molar-refractivity contribution is 5.96. The van der Waals surface area contributed by atoms with Gasteiger partial charge in [0, 0.05) is 6.07 Å². The Morgan fingerprint density at radius 2 is 1.73 bits per heavy atom. The number of benzene rings is 2. The summed E-state index contributed by atoms with van der Waals surface area (Å²) >= 11 is 0. The van der Waals surface area contributed by atoms with Crippen LogP contribution in [-0.4, -0.2) is 46.6 Å². The normalized spacial score (nSPS) is 10.3. The summed E-state index contributed by atoms with van der Waals surface area (Å²) in [6.45, 7) is -0.486. The van der Waals surface area contributed by atoms with Crippen LogP contribution in [-0.2, 0) is 11.3 Å². The number of carboxylic acid groups (broad SMARTS) is 1. The Kier molecular flexibility index (Phi) is 5.53. The number of hydrogen-bond donors (Lipinski definition) is 4. The minimum Gasteiger partial charge on any atom is -0.508 e. The molecule has 2 aromatic carbocycles. The molecule has 0 spiro atoms. The smallest absolute Gasteiger partial charge is 0.343 e. The van der Waals surface area contributed by atoms with Crippen molar-refractivity contribution in [2.75, 3.05) is 14.2 Å². The maximum absolute atomic E-state index is 12.0. The number of esters is 1. The molecule has 0 aliphatic heterocycles. The van der Waals surface area contributed by atoms with E-state index in [9.17, 15) is 30.0 Å². The van der Waals surface area contributed by atoms with Gasteiger partial charge in [0.05, 0.1) is 20.8 Å². The maximum Gasteiger partial charge on any atom is 0.343 e. The summed E-state index contributed by atoms with van der Waals surface area (Å²) in [6.07, 6.45) is 0. The molecule has 0 saturated heterocycles. The zero-order chi connectivity index (χ0) is 19.4. The van der Waals surface area contributed by atoms with Crippen LogP contribution < -0.4 is 9.47 Å². The Hall–Kier alpha value is -3.46. The van der Waals surface area contributed by atoms with Crippen molar-refractivity contribution in [3.05, 3.63) is 41.0 Å². The Morgan fingerprint density at radius 1 is 1.04 bits per heavy atom. The third-order valence-corrected chi connectivity index (χ3v) is 3.41. The van der Waals surface area contributed by atoms with Gasteiger partial charge in [-0.3, -0.25) is 0 Å². The minimum atomic E-state index is -1.49. The number of aliphatic hydroxyl groups is 1. The van der Waals surface area contributed by atoms with Crippen LogP contribution in [0.5, 0.6) is 28.7 Å². The molecule has 0 atom stereocenters. The molecule has 138 valence electrons. The molecular formula is C17H16O9. The molecule has 0 radical (unpaired) electrons. The number of carboxylic acids is 1. The van der Waals surface area contributed by atoms with Gasteiger partial charge in [-0.1, -0.05) is 0 Å². The number of aromatic hydroxyl groups is 2. The number of methoxy groups -OCH3 is 2. The third-order valence-electron chi connectivity index (χ3n) is 3.41. The van der Waals surface area contributed by atoms with Crippen LogP contribution >= 0.6 is 0 Å². The average Bonchev–Trinajstić information content (AvgIpc) is 2.60. The van der Waals surface area contributed by atoms with E-state index in [4.69, 9.17) is 9.47 Å². The van der Waals surface area contributed by atoms with Crippen LogP contribution in [0.2, 0.25) is 0 Å². The Bertz CT molecular complexity index is 858. The van der Waals surface area contributed by atoms with Gasteiger partial charge in [-0.05, 0) is 23.8 Å². The second-order valence-electron chi connectivity index (χ2n) is 5.07. The second-order valence-corrected chi connectivity index (χ2v) is 5.07. The first-order valence-electron chi connectivity index (χ1n) is 7.19. The molecule has 4 N–H and O–H groups in total. The lowest BCUT2D eigenvalue weighted by Gasteiger charge is -2.16. The Balaban J connectivity index is 2.70. The average molecular weight is 364 g/mol. The fourth-order valence-corrected chi connectivity index (χ4v) is 2.26. The largest absolute Gasteiger partial charge is 0.508 e. The van der Waals surface area contributed by atoms with E-state index in [2.05, 4.69) is 4.74 Å². The van der Waals surface area contributed by atoms with Crippen LogP contribution in [0.4, 0.5) is 0 Å². The lowest BCUT2D eigenvalue weighted by atomic mass is 10.1. The van der Waals surface area contributed by atoms with E-state index in [0.29, 0.717) is 0 Å². The van der Waals surface area contributed by atoms with Crippen LogP contribution in [0.3, 0.4) is 0 Å². The van der Waals surface area contributed by atoms with Crippen molar-refractivity contribution in [1.29, 1.82) is 0 Å². The topological polar surface area (TPSA) is 143 Å². The van der Waals surface area contributed by atoms with Crippen LogP contribution in [0.25, 0.3) is 0 Å². The van der Waals surface area contributed by atoms with Crippen molar-refractivity contribution in [1.82, 2.24) is 0 Å². The first-order chi connectivity index (χ1) is 12.3. The highest BCUT2D eigenvalue weighted by atomic mass is 16.5. The van der Waals surface area contributed by atoms with E-state index in [1.807, 2.05) is 0 Å². The first-order valence-corrected chi connectivity index (χ1v) is 7.19. The number of rotatable bonds is 6. The molecule has 9 nitrogen and oxygen atoms in total. The molecule has 2 rings (SSSR count). The predicted octanol–water partition coefficient (Wildman–Crippen LogP) is 1.88. The molecule has 0 bridgehead atoms. The molecule has 0 aliphatic rings. The third kappa shape index (κ3) is 3.62. The molecule has 0 heterocycles. The number of ether oxygens (including phenoxy) is 3. The SMILES string of the molecule is COC(=O)c1cc(O)cc(OC)c1Oc1cc(CO)cc(O)c1C(=O)O. The van der Waals surface area contributed by atoms with Crippen molar-refractivity contribution in [2.24, 2.45) is 0 Å². The molecule has 0 saturated carbocycles. The quantitative estimate of drug-likeness (QED) is 0.565. The standard InChI is InChI=1S/C17H16O9/c1-24-13-6-9(19)5-10(17(23)25-2)15(13)26-12-4-8(7-18)3-11(20)14(12)16(21)22/h3-6,18-20H,7H2,1-2H3,(H,21,22). The van der Waals surface area contributed by atoms with Crippen molar-refractivity contribution in [3.8, 4) is 28.7 Å². The van der Waals surface area contributed by atoms with E-state index in [1.165, 1.54) is 13.2 Å². The molecule has 26 heavy (non-hydrogen) atoms. The van der Waals surface area contributed by atoms with Gasteiger partial charge in [0.1, 0.15) is 28.4 Å². The zero-order valence-electron chi connectivity index (χ0n) is 13.8. The molecule has 0 unspecified atom stereocenters. The number of aromatic carboxylic acids is 1. The van der Waals surface area contributed by atoms with Crippen molar-refractivity contribution in [2.45, 2.75) is 6.61 Å². The van der Waals surface area contributed by atoms with E-state index in [0.717, 1.165) is 25.3 Å². The number of phenols is 2. The first kappa shape index (κ1) is 18.9. The van der Waals surface area contributed by atoms with Crippen molar-refractivity contribution in [3.63, 3.8) is 0 Å². The number of phenolic OH excluding ortho intramolecular Hbond substituents is 1. The van der Waals surface area contributed by atoms with E-state index in [-0.39, 0.29) is 34.1 Å².